The summed E-state index contributed by atoms with van der Waals surface area (Å²) >= 11 is 0. The van der Waals surface area contributed by atoms with Crippen LogP contribution in [0, 0.1) is 0 Å². The van der Waals surface area contributed by atoms with Gasteiger partial charge in [0, 0.05) is 5.39 Å². The third-order valence-electron chi connectivity index (χ3n) is 4.35. The molecule has 0 saturated heterocycles. The van der Waals surface area contributed by atoms with Crippen LogP contribution in [-0.4, -0.2) is 17.1 Å². The minimum atomic E-state index is -0.274. The van der Waals surface area contributed by atoms with Gasteiger partial charge in [0.15, 0.2) is 0 Å². The number of aromatic nitrogens is 1. The summed E-state index contributed by atoms with van der Waals surface area (Å²) < 4.78 is 10.9. The van der Waals surface area contributed by atoms with E-state index in [0.29, 0.717) is 5.56 Å². The Morgan fingerprint density at radius 2 is 2.04 bits per heavy atom. The van der Waals surface area contributed by atoms with Gasteiger partial charge in [0.05, 0.1) is 29.1 Å². The second-order valence-electron chi connectivity index (χ2n) is 6.47. The number of esters is 1. The van der Waals surface area contributed by atoms with Crippen LogP contribution < -0.4 is 0 Å². The topological polar surface area (TPSA) is 52.3 Å². The number of hydrogen-bond acceptors (Lipinski definition) is 4. The molecule has 0 saturated carbocycles. The van der Waals surface area contributed by atoms with Crippen LogP contribution in [-0.2, 0) is 11.2 Å². The fraction of sp³-hybridized carbons (Fsp3) is 0.238. The fourth-order valence-corrected chi connectivity index (χ4v) is 3.33. The van der Waals surface area contributed by atoms with Crippen molar-refractivity contribution < 1.29 is 13.9 Å². The van der Waals surface area contributed by atoms with Crippen molar-refractivity contribution >= 4 is 28.5 Å². The van der Waals surface area contributed by atoms with E-state index < -0.39 is 0 Å². The first-order valence-electron chi connectivity index (χ1n) is 8.50. The molecule has 0 amide bonds. The van der Waals surface area contributed by atoms with Gasteiger partial charge in [-0.2, -0.15) is 0 Å². The van der Waals surface area contributed by atoms with Crippen LogP contribution in [0.4, 0.5) is 0 Å². The quantitative estimate of drug-likeness (QED) is 0.641. The van der Waals surface area contributed by atoms with Gasteiger partial charge in [0.2, 0.25) is 0 Å². The van der Waals surface area contributed by atoms with E-state index in [9.17, 15) is 4.79 Å². The van der Waals surface area contributed by atoms with Crippen molar-refractivity contribution in [3.05, 3.63) is 65.2 Å². The minimum absolute atomic E-state index is 0.158. The van der Waals surface area contributed by atoms with Crippen LogP contribution in [0.25, 0.3) is 22.6 Å². The number of carbonyl (C=O) groups is 1. The zero-order valence-corrected chi connectivity index (χ0v) is 14.3. The lowest BCUT2D eigenvalue weighted by Crippen LogP contribution is -2.14. The van der Waals surface area contributed by atoms with Gasteiger partial charge in [-0.3, -0.25) is 0 Å². The van der Waals surface area contributed by atoms with Crippen LogP contribution in [0.15, 0.2) is 47.1 Å². The molecule has 126 valence electrons. The normalized spacial score (nSPS) is 15.1. The molecule has 4 heteroatoms. The number of rotatable bonds is 3. The van der Waals surface area contributed by atoms with Gasteiger partial charge in [0.1, 0.15) is 5.76 Å². The average Bonchev–Trinajstić information content (AvgIpc) is 3.23. The monoisotopic (exact) mass is 333 g/mol. The molecule has 3 aromatic rings. The number of hydrogen-bond donors (Lipinski definition) is 0. The molecule has 0 fully saturated rings. The van der Waals surface area contributed by atoms with Crippen molar-refractivity contribution in [3.63, 3.8) is 0 Å². The fourth-order valence-electron chi connectivity index (χ4n) is 3.33. The van der Waals surface area contributed by atoms with Crippen molar-refractivity contribution in [1.82, 2.24) is 4.98 Å². The third-order valence-corrected chi connectivity index (χ3v) is 4.35. The van der Waals surface area contributed by atoms with Crippen LogP contribution in [0.2, 0.25) is 0 Å². The van der Waals surface area contributed by atoms with Crippen LogP contribution in [0.5, 0.6) is 0 Å². The number of ether oxygens (including phenoxy) is 1. The minimum Gasteiger partial charge on any atom is -0.465 e. The van der Waals surface area contributed by atoms with Crippen molar-refractivity contribution in [2.24, 2.45) is 0 Å². The Balaban J connectivity index is 1.91. The van der Waals surface area contributed by atoms with Crippen LogP contribution >= 0.6 is 0 Å². The summed E-state index contributed by atoms with van der Waals surface area (Å²) in [6, 6.07) is 11.5. The van der Waals surface area contributed by atoms with Gasteiger partial charge in [0.25, 0.3) is 0 Å². The Kier molecular flexibility index (Phi) is 3.88. The highest BCUT2D eigenvalue weighted by atomic mass is 16.5. The van der Waals surface area contributed by atoms with Crippen molar-refractivity contribution in [2.45, 2.75) is 32.8 Å². The molecule has 0 aliphatic heterocycles. The number of para-hydroxylation sites is 1. The number of carbonyl (C=O) groups excluding carboxylic acids is 1. The summed E-state index contributed by atoms with van der Waals surface area (Å²) in [6.07, 6.45) is 5.12. The maximum absolute atomic E-state index is 12.8. The molecule has 0 spiro atoms. The molecule has 1 aliphatic rings. The maximum Gasteiger partial charge on any atom is 0.339 e. The number of pyridine rings is 1. The van der Waals surface area contributed by atoms with E-state index in [1.807, 2.05) is 56.3 Å². The lowest BCUT2D eigenvalue weighted by molar-refractivity contribution is 0.0379. The summed E-state index contributed by atoms with van der Waals surface area (Å²) in [6.45, 7) is 3.73. The highest BCUT2D eigenvalue weighted by Crippen LogP contribution is 2.37. The predicted octanol–water partition coefficient (Wildman–Crippen LogP) is 4.88. The van der Waals surface area contributed by atoms with Crippen molar-refractivity contribution in [1.29, 1.82) is 0 Å². The predicted molar refractivity (Wildman–Crippen MR) is 97.2 cm³/mol. The van der Waals surface area contributed by atoms with E-state index in [1.165, 1.54) is 0 Å². The standard InChI is InChI=1S/C21H19NO3/c1-13(2)25-21(23)19-16-7-3-4-8-18(16)22-20-14(9-10-17(19)20)12-15-6-5-11-24-15/h3-8,11-13H,9-10H2,1-2H3. The number of allylic oxidation sites excluding steroid dienone is 1. The Bertz CT molecular complexity index is 968. The molecule has 2 aromatic heterocycles. The molecule has 0 N–H and O–H groups in total. The number of fused-ring (bicyclic) bond motifs is 2. The number of furan rings is 1. The van der Waals surface area contributed by atoms with Crippen LogP contribution in [0.1, 0.15) is 47.6 Å². The second kappa shape index (κ2) is 6.20. The summed E-state index contributed by atoms with van der Waals surface area (Å²) in [5.41, 5.74) is 4.41. The molecule has 4 nitrogen and oxygen atoms in total. The molecular weight excluding hydrogens is 314 g/mol. The molecule has 0 atom stereocenters. The summed E-state index contributed by atoms with van der Waals surface area (Å²) in [5.74, 6) is 0.521. The van der Waals surface area contributed by atoms with E-state index in [-0.39, 0.29) is 12.1 Å². The largest absolute Gasteiger partial charge is 0.465 e. The highest BCUT2D eigenvalue weighted by molar-refractivity contribution is 6.07. The molecule has 4 rings (SSSR count). The highest BCUT2D eigenvalue weighted by Gasteiger charge is 2.28. The molecule has 1 aromatic carbocycles. The lowest BCUT2D eigenvalue weighted by atomic mass is 10.0. The first kappa shape index (κ1) is 15.6. The third kappa shape index (κ3) is 2.84. The first-order valence-corrected chi connectivity index (χ1v) is 8.50. The summed E-state index contributed by atoms with van der Waals surface area (Å²) in [7, 11) is 0. The molecule has 0 radical (unpaired) electrons. The molecule has 0 bridgehead atoms. The number of benzene rings is 1. The Morgan fingerprint density at radius 1 is 1.20 bits per heavy atom. The van der Waals surface area contributed by atoms with Crippen LogP contribution in [0.3, 0.4) is 0 Å². The van der Waals surface area contributed by atoms with Crippen molar-refractivity contribution in [2.75, 3.05) is 0 Å². The number of nitrogens with zero attached hydrogens (tertiary/aromatic N) is 1. The molecule has 25 heavy (non-hydrogen) atoms. The summed E-state index contributed by atoms with van der Waals surface area (Å²) in [5, 5.41) is 0.853. The molecule has 0 unspecified atom stereocenters. The van der Waals surface area contributed by atoms with Gasteiger partial charge < -0.3 is 9.15 Å². The van der Waals surface area contributed by atoms with E-state index in [4.69, 9.17) is 14.1 Å². The molecular formula is C21H19NO3. The van der Waals surface area contributed by atoms with Gasteiger partial charge >= 0.3 is 5.97 Å². The van der Waals surface area contributed by atoms with Gasteiger partial charge in [-0.1, -0.05) is 18.2 Å². The average molecular weight is 333 g/mol. The second-order valence-corrected chi connectivity index (χ2v) is 6.47. The Morgan fingerprint density at radius 3 is 2.80 bits per heavy atom. The molecule has 2 heterocycles. The van der Waals surface area contributed by atoms with Gasteiger partial charge in [-0.25, -0.2) is 9.78 Å². The Hall–Kier alpha value is -2.88. The lowest BCUT2D eigenvalue weighted by Gasteiger charge is -2.14. The maximum atomic E-state index is 12.8. The zero-order valence-electron chi connectivity index (χ0n) is 14.3. The van der Waals surface area contributed by atoms with E-state index in [0.717, 1.165) is 46.3 Å². The SMILES string of the molecule is CC(C)OC(=O)c1c2c(nc3ccccc13)C(=Cc1ccco1)CC2. The summed E-state index contributed by atoms with van der Waals surface area (Å²) in [4.78, 5) is 17.6. The molecule has 1 aliphatic carbocycles. The first-order chi connectivity index (χ1) is 12.1. The van der Waals surface area contributed by atoms with E-state index in [2.05, 4.69) is 0 Å². The van der Waals surface area contributed by atoms with Gasteiger partial charge in [-0.15, -0.1) is 0 Å². The van der Waals surface area contributed by atoms with Crippen molar-refractivity contribution in [3.8, 4) is 0 Å². The smallest absolute Gasteiger partial charge is 0.339 e. The zero-order chi connectivity index (χ0) is 17.4. The Labute approximate surface area is 146 Å². The van der Waals surface area contributed by atoms with Gasteiger partial charge in [-0.05, 0) is 62.1 Å². The van der Waals surface area contributed by atoms with E-state index >= 15 is 0 Å². The van der Waals surface area contributed by atoms with E-state index in [1.54, 1.807) is 6.26 Å².